The first-order valence-electron chi connectivity index (χ1n) is 6.31. The van der Waals surface area contributed by atoms with Crippen LogP contribution in [0.25, 0.3) is 11.2 Å². The number of anilines is 1. The van der Waals surface area contributed by atoms with Crippen molar-refractivity contribution in [3.63, 3.8) is 0 Å². The number of hydrogen-bond donors (Lipinski definition) is 5. The molecule has 112 valence electrons. The number of aromatic nitrogens is 4. The Bertz CT molecular complexity index is 782. The van der Waals surface area contributed by atoms with Crippen LogP contribution in [0, 0.1) is 0 Å². The van der Waals surface area contributed by atoms with Gasteiger partial charge < -0.3 is 25.6 Å². The quantitative estimate of drug-likeness (QED) is 0.413. The standard InChI is InChI=1S/C12H15N5O4/c1-5-6(2-7(19)12(5,21)3-18)17-4-14-8-9(17)15-11(13)16-10(8)20/h4,6-7,18-19,21H,1-3H2,(H3,13,15,16,20)/t6-,7-,12+/m0/s1. The molecule has 0 bridgehead atoms. The molecule has 0 radical (unpaired) electrons. The number of imidazole rings is 1. The maximum absolute atomic E-state index is 11.7. The summed E-state index contributed by atoms with van der Waals surface area (Å²) >= 11 is 0. The smallest absolute Gasteiger partial charge is 0.280 e. The number of aromatic amines is 1. The van der Waals surface area contributed by atoms with Gasteiger partial charge in [-0.15, -0.1) is 0 Å². The molecule has 9 nitrogen and oxygen atoms in total. The van der Waals surface area contributed by atoms with Gasteiger partial charge in [0.2, 0.25) is 5.95 Å². The van der Waals surface area contributed by atoms with Crippen LogP contribution in [0.1, 0.15) is 12.5 Å². The third kappa shape index (κ3) is 1.78. The van der Waals surface area contributed by atoms with Gasteiger partial charge in [0.15, 0.2) is 11.2 Å². The summed E-state index contributed by atoms with van der Waals surface area (Å²) < 4.78 is 1.51. The van der Waals surface area contributed by atoms with Crippen molar-refractivity contribution in [3.8, 4) is 0 Å². The molecule has 0 spiro atoms. The number of aliphatic hydroxyl groups excluding tert-OH is 2. The molecule has 2 aromatic heterocycles. The number of fused-ring (bicyclic) bond motifs is 1. The minimum atomic E-state index is -1.78. The van der Waals surface area contributed by atoms with Crippen molar-refractivity contribution < 1.29 is 15.3 Å². The molecule has 0 amide bonds. The fourth-order valence-electron chi connectivity index (χ4n) is 2.71. The van der Waals surface area contributed by atoms with Crippen LogP contribution in [-0.4, -0.2) is 53.2 Å². The van der Waals surface area contributed by atoms with Gasteiger partial charge in [0, 0.05) is 6.42 Å². The van der Waals surface area contributed by atoms with E-state index in [1.54, 1.807) is 0 Å². The Hall–Kier alpha value is -2.23. The van der Waals surface area contributed by atoms with Crippen molar-refractivity contribution in [3.05, 3.63) is 28.8 Å². The highest BCUT2D eigenvalue weighted by Gasteiger charge is 2.49. The normalized spacial score (nSPS) is 29.4. The maximum atomic E-state index is 11.7. The van der Waals surface area contributed by atoms with Gasteiger partial charge in [-0.25, -0.2) is 4.98 Å². The average Bonchev–Trinajstić information content (AvgIpc) is 2.94. The van der Waals surface area contributed by atoms with Crippen molar-refractivity contribution in [2.75, 3.05) is 12.3 Å². The fourth-order valence-corrected chi connectivity index (χ4v) is 2.71. The van der Waals surface area contributed by atoms with Crippen molar-refractivity contribution in [2.24, 2.45) is 0 Å². The molecule has 1 aliphatic rings. The number of aliphatic hydroxyl groups is 3. The van der Waals surface area contributed by atoms with Gasteiger partial charge in [0.05, 0.1) is 25.1 Å². The Labute approximate surface area is 118 Å². The lowest BCUT2D eigenvalue weighted by Gasteiger charge is -2.25. The Kier molecular flexibility index (Phi) is 2.87. The first-order valence-corrected chi connectivity index (χ1v) is 6.31. The van der Waals surface area contributed by atoms with Crippen LogP contribution in [0.3, 0.4) is 0 Å². The van der Waals surface area contributed by atoms with E-state index in [0.717, 1.165) is 0 Å². The summed E-state index contributed by atoms with van der Waals surface area (Å²) in [5.41, 5.74) is 3.84. The van der Waals surface area contributed by atoms with Crippen molar-refractivity contribution in [2.45, 2.75) is 24.2 Å². The van der Waals surface area contributed by atoms with E-state index < -0.39 is 29.9 Å². The Balaban J connectivity index is 2.15. The lowest BCUT2D eigenvalue weighted by atomic mass is 9.96. The second-order valence-electron chi connectivity index (χ2n) is 5.15. The number of nitrogens with zero attached hydrogens (tertiary/aromatic N) is 3. The third-order valence-corrected chi connectivity index (χ3v) is 3.98. The lowest BCUT2D eigenvalue weighted by molar-refractivity contribution is -0.0623. The van der Waals surface area contributed by atoms with Crippen LogP contribution < -0.4 is 11.3 Å². The molecular weight excluding hydrogens is 278 g/mol. The van der Waals surface area contributed by atoms with E-state index >= 15 is 0 Å². The highest BCUT2D eigenvalue weighted by atomic mass is 16.4. The molecule has 3 rings (SSSR count). The Morgan fingerprint density at radius 2 is 2.33 bits per heavy atom. The molecule has 3 atom stereocenters. The first-order chi connectivity index (χ1) is 9.88. The van der Waals surface area contributed by atoms with E-state index in [-0.39, 0.29) is 29.1 Å². The van der Waals surface area contributed by atoms with Crippen LogP contribution in [0.5, 0.6) is 0 Å². The summed E-state index contributed by atoms with van der Waals surface area (Å²) in [6.45, 7) is 3.11. The summed E-state index contributed by atoms with van der Waals surface area (Å²) in [6.07, 6.45) is 0.324. The third-order valence-electron chi connectivity index (χ3n) is 3.98. The molecule has 1 saturated carbocycles. The molecule has 6 N–H and O–H groups in total. The number of rotatable bonds is 2. The molecule has 21 heavy (non-hydrogen) atoms. The van der Waals surface area contributed by atoms with Gasteiger partial charge in [-0.2, -0.15) is 4.98 Å². The molecule has 1 aliphatic carbocycles. The molecule has 1 fully saturated rings. The number of H-pyrrole nitrogens is 1. The summed E-state index contributed by atoms with van der Waals surface area (Å²) in [5, 5.41) is 29.5. The monoisotopic (exact) mass is 293 g/mol. The van der Waals surface area contributed by atoms with Gasteiger partial charge in [-0.05, 0) is 5.57 Å². The van der Waals surface area contributed by atoms with E-state index in [4.69, 9.17) is 5.73 Å². The second-order valence-corrected chi connectivity index (χ2v) is 5.15. The molecule has 9 heteroatoms. The number of nitrogens with two attached hydrogens (primary N) is 1. The van der Waals surface area contributed by atoms with Crippen LogP contribution >= 0.6 is 0 Å². The number of hydrogen-bond acceptors (Lipinski definition) is 7. The minimum absolute atomic E-state index is 0.0594. The predicted molar refractivity (Wildman–Crippen MR) is 73.4 cm³/mol. The first kappa shape index (κ1) is 13.7. The van der Waals surface area contributed by atoms with Crippen LogP contribution in [-0.2, 0) is 0 Å². The van der Waals surface area contributed by atoms with Crippen molar-refractivity contribution >= 4 is 17.1 Å². The zero-order valence-electron chi connectivity index (χ0n) is 11.0. The number of nitrogen functional groups attached to an aromatic ring is 1. The molecule has 0 aliphatic heterocycles. The molecule has 2 aromatic rings. The summed E-state index contributed by atoms with van der Waals surface area (Å²) in [4.78, 5) is 22.1. The Morgan fingerprint density at radius 1 is 1.62 bits per heavy atom. The van der Waals surface area contributed by atoms with Crippen LogP contribution in [0.15, 0.2) is 23.3 Å². The summed E-state index contributed by atoms with van der Waals surface area (Å²) in [5.74, 6) is -0.0594. The molecule has 2 heterocycles. The average molecular weight is 293 g/mol. The molecule has 0 saturated heterocycles. The van der Waals surface area contributed by atoms with E-state index in [9.17, 15) is 20.1 Å². The second kappa shape index (κ2) is 4.38. The van der Waals surface area contributed by atoms with Gasteiger partial charge in [0.25, 0.3) is 5.56 Å². The van der Waals surface area contributed by atoms with E-state index in [2.05, 4.69) is 21.5 Å². The topological polar surface area (TPSA) is 150 Å². The summed E-state index contributed by atoms with van der Waals surface area (Å²) in [6, 6.07) is -0.546. The van der Waals surface area contributed by atoms with E-state index in [1.165, 1.54) is 10.9 Å². The molecule has 0 aromatic carbocycles. The maximum Gasteiger partial charge on any atom is 0.280 e. The van der Waals surface area contributed by atoms with E-state index in [1.807, 2.05) is 0 Å². The van der Waals surface area contributed by atoms with E-state index in [0.29, 0.717) is 0 Å². The summed E-state index contributed by atoms with van der Waals surface area (Å²) in [7, 11) is 0. The lowest BCUT2D eigenvalue weighted by Crippen LogP contribution is -2.42. The zero-order valence-corrected chi connectivity index (χ0v) is 11.0. The molecule has 0 unspecified atom stereocenters. The minimum Gasteiger partial charge on any atom is -0.393 e. The van der Waals surface area contributed by atoms with Crippen LogP contribution in [0.2, 0.25) is 0 Å². The van der Waals surface area contributed by atoms with Gasteiger partial charge in [0.1, 0.15) is 5.60 Å². The highest BCUT2D eigenvalue weighted by Crippen LogP contribution is 2.42. The van der Waals surface area contributed by atoms with Crippen LogP contribution in [0.4, 0.5) is 5.95 Å². The zero-order chi connectivity index (χ0) is 15.4. The Morgan fingerprint density at radius 3 is 2.95 bits per heavy atom. The molecular formula is C12H15N5O4. The largest absolute Gasteiger partial charge is 0.393 e. The fraction of sp³-hybridized carbons (Fsp3) is 0.417. The van der Waals surface area contributed by atoms with Gasteiger partial charge in [-0.1, -0.05) is 6.58 Å². The van der Waals surface area contributed by atoms with Crippen molar-refractivity contribution in [1.82, 2.24) is 19.5 Å². The van der Waals surface area contributed by atoms with Gasteiger partial charge in [-0.3, -0.25) is 9.78 Å². The van der Waals surface area contributed by atoms with Gasteiger partial charge >= 0.3 is 0 Å². The number of nitrogens with one attached hydrogen (secondary N) is 1. The SMILES string of the molecule is C=C1[C@@H](n2cnc3c(=O)[nH]c(N)nc32)C[C@H](O)[C@@]1(O)CO. The highest BCUT2D eigenvalue weighted by molar-refractivity contribution is 5.71. The predicted octanol–water partition coefficient (Wildman–Crippen LogP) is -1.71. The van der Waals surface area contributed by atoms with Crippen molar-refractivity contribution in [1.29, 1.82) is 0 Å².